The van der Waals surface area contributed by atoms with Crippen LogP contribution in [0.4, 0.5) is 13.2 Å². The number of nitrogens with one attached hydrogen (secondary N) is 1. The van der Waals surface area contributed by atoms with Crippen LogP contribution in [-0.2, 0) is 0 Å². The summed E-state index contributed by atoms with van der Waals surface area (Å²) in [4.78, 5) is 0.970. The second-order valence-corrected chi connectivity index (χ2v) is 4.71. The number of halogens is 3. The van der Waals surface area contributed by atoms with E-state index in [1.807, 2.05) is 11.4 Å². The van der Waals surface area contributed by atoms with Crippen LogP contribution >= 0.6 is 11.3 Å². The van der Waals surface area contributed by atoms with Crippen LogP contribution in [0, 0.1) is 11.3 Å². The van der Waals surface area contributed by atoms with Crippen molar-refractivity contribution in [2.75, 3.05) is 0 Å². The van der Waals surface area contributed by atoms with Crippen LogP contribution in [0.1, 0.15) is 16.2 Å². The first-order chi connectivity index (χ1) is 7.86. The van der Waals surface area contributed by atoms with Gasteiger partial charge < -0.3 is 10.4 Å². The smallest absolute Gasteiger partial charge is 0.363 e. The summed E-state index contributed by atoms with van der Waals surface area (Å²) in [6, 6.07) is 5.01. The molecular formula is C10H7F3N2OS. The van der Waals surface area contributed by atoms with Crippen LogP contribution in [-0.4, -0.2) is 17.0 Å². The summed E-state index contributed by atoms with van der Waals surface area (Å²) in [6.45, 7) is 0. The van der Waals surface area contributed by atoms with Crippen molar-refractivity contribution in [3.63, 3.8) is 0 Å². The summed E-state index contributed by atoms with van der Waals surface area (Å²) < 4.78 is 37.5. The van der Waals surface area contributed by atoms with E-state index in [4.69, 9.17) is 5.26 Å². The zero-order chi connectivity index (χ0) is 12.7. The van der Waals surface area contributed by atoms with Crippen LogP contribution in [0.5, 0.6) is 0 Å². The fourth-order valence-corrected chi connectivity index (χ4v) is 2.31. The van der Waals surface area contributed by atoms with Gasteiger partial charge in [0, 0.05) is 17.5 Å². The van der Waals surface area contributed by atoms with E-state index < -0.39 is 18.3 Å². The second kappa shape index (κ2) is 3.75. The third-order valence-electron chi connectivity index (χ3n) is 2.43. The molecule has 0 fully saturated rings. The third kappa shape index (κ3) is 2.01. The van der Waals surface area contributed by atoms with Gasteiger partial charge in [0.05, 0.1) is 0 Å². The van der Waals surface area contributed by atoms with Crippen molar-refractivity contribution in [3.8, 4) is 6.07 Å². The van der Waals surface area contributed by atoms with Gasteiger partial charge in [-0.05, 0) is 17.7 Å². The van der Waals surface area contributed by atoms with Gasteiger partial charge in [-0.25, -0.2) is 0 Å². The first-order valence-electron chi connectivity index (χ1n) is 4.62. The maximum absolute atomic E-state index is 12.5. The molecule has 1 unspecified atom stereocenters. The fourth-order valence-electron chi connectivity index (χ4n) is 1.50. The van der Waals surface area contributed by atoms with E-state index in [-0.39, 0.29) is 0 Å². The number of nitrogens with zero attached hydrogens (tertiary/aromatic N) is 1. The summed E-state index contributed by atoms with van der Waals surface area (Å²) in [6.07, 6.45) is -4.15. The predicted molar refractivity (Wildman–Crippen MR) is 55.8 cm³/mol. The van der Waals surface area contributed by atoms with Gasteiger partial charge in [0.25, 0.3) is 0 Å². The minimum absolute atomic E-state index is 0.344. The van der Waals surface area contributed by atoms with Crippen molar-refractivity contribution in [1.29, 1.82) is 5.26 Å². The Morgan fingerprint density at radius 1 is 1.47 bits per heavy atom. The molecule has 0 spiro atoms. The average Bonchev–Trinajstić information content (AvgIpc) is 2.83. The fraction of sp³-hybridized carbons (Fsp3) is 0.300. The maximum atomic E-state index is 12.5. The van der Waals surface area contributed by atoms with Crippen LogP contribution in [0.2, 0.25) is 0 Å². The Kier molecular flexibility index (Phi) is 2.64. The van der Waals surface area contributed by atoms with Crippen molar-refractivity contribution < 1.29 is 18.3 Å². The Bertz CT molecular complexity index is 514. The molecule has 2 rings (SSSR count). The van der Waals surface area contributed by atoms with Crippen molar-refractivity contribution in [1.82, 2.24) is 5.32 Å². The highest BCUT2D eigenvalue weighted by molar-refractivity contribution is 7.13. The second-order valence-electron chi connectivity index (χ2n) is 3.62. The summed E-state index contributed by atoms with van der Waals surface area (Å²) in [5, 5.41) is 19.9. The number of thiophene rings is 1. The summed E-state index contributed by atoms with van der Waals surface area (Å²) in [5.74, 6) is 0. The van der Waals surface area contributed by atoms with Gasteiger partial charge >= 0.3 is 6.18 Å². The van der Waals surface area contributed by atoms with Crippen LogP contribution < -0.4 is 5.32 Å². The Morgan fingerprint density at radius 2 is 2.18 bits per heavy atom. The zero-order valence-corrected chi connectivity index (χ0v) is 9.19. The molecule has 0 saturated heterocycles. The number of rotatable bonds is 1. The van der Waals surface area contributed by atoms with Crippen LogP contribution in [0.15, 0.2) is 18.3 Å². The summed E-state index contributed by atoms with van der Waals surface area (Å²) in [7, 11) is 0. The first kappa shape index (κ1) is 12.0. The minimum atomic E-state index is -4.74. The number of hydrogen-bond acceptors (Lipinski definition) is 4. The van der Waals surface area contributed by atoms with E-state index >= 15 is 0 Å². The molecule has 0 bridgehead atoms. The van der Waals surface area contributed by atoms with Gasteiger partial charge in [0.2, 0.25) is 5.72 Å². The lowest BCUT2D eigenvalue weighted by atomic mass is 10.1. The lowest BCUT2D eigenvalue weighted by Crippen LogP contribution is -2.52. The van der Waals surface area contributed by atoms with Crippen molar-refractivity contribution in [2.45, 2.75) is 18.3 Å². The largest absolute Gasteiger partial charge is 0.436 e. The van der Waals surface area contributed by atoms with Crippen LogP contribution in [0.25, 0.3) is 5.57 Å². The van der Waals surface area contributed by atoms with E-state index in [1.165, 1.54) is 6.07 Å². The van der Waals surface area contributed by atoms with E-state index in [0.717, 1.165) is 17.5 Å². The lowest BCUT2D eigenvalue weighted by Gasteiger charge is -2.26. The van der Waals surface area contributed by atoms with E-state index in [1.54, 1.807) is 6.07 Å². The molecule has 90 valence electrons. The van der Waals surface area contributed by atoms with Gasteiger partial charge in [-0.1, -0.05) is 0 Å². The maximum Gasteiger partial charge on any atom is 0.436 e. The quantitative estimate of drug-likeness (QED) is 0.814. The molecule has 1 atom stereocenters. The highest BCUT2D eigenvalue weighted by atomic mass is 32.1. The average molecular weight is 260 g/mol. The summed E-state index contributed by atoms with van der Waals surface area (Å²) >= 11 is 1.09. The predicted octanol–water partition coefficient (Wildman–Crippen LogP) is 2.20. The molecule has 0 radical (unpaired) electrons. The van der Waals surface area contributed by atoms with E-state index in [2.05, 4.69) is 0 Å². The molecule has 0 aliphatic carbocycles. The van der Waals surface area contributed by atoms with Crippen molar-refractivity contribution in [3.05, 3.63) is 28.1 Å². The molecule has 0 saturated carbocycles. The van der Waals surface area contributed by atoms with Gasteiger partial charge in [-0.2, -0.15) is 18.4 Å². The molecule has 0 amide bonds. The third-order valence-corrected chi connectivity index (χ3v) is 3.50. The molecule has 2 heterocycles. The first-order valence-corrected chi connectivity index (χ1v) is 5.43. The van der Waals surface area contributed by atoms with Crippen molar-refractivity contribution >= 4 is 16.9 Å². The molecule has 1 aromatic heterocycles. The SMILES string of the molecule is N#Cc1ccc(C2=CNC(O)(C(F)(F)F)C2)s1. The van der Waals surface area contributed by atoms with Gasteiger partial charge in [0.15, 0.2) is 0 Å². The van der Waals surface area contributed by atoms with E-state index in [0.29, 0.717) is 15.3 Å². The number of alkyl halides is 3. The van der Waals surface area contributed by atoms with Gasteiger partial charge in [-0.3, -0.25) is 0 Å². The van der Waals surface area contributed by atoms with E-state index in [9.17, 15) is 18.3 Å². The highest BCUT2D eigenvalue weighted by Crippen LogP contribution is 2.40. The van der Waals surface area contributed by atoms with Crippen molar-refractivity contribution in [2.24, 2.45) is 0 Å². The molecule has 0 aromatic carbocycles. The number of hydrogen-bond donors (Lipinski definition) is 2. The number of nitriles is 1. The highest BCUT2D eigenvalue weighted by Gasteiger charge is 2.56. The molecule has 7 heteroatoms. The molecule has 17 heavy (non-hydrogen) atoms. The molecular weight excluding hydrogens is 253 g/mol. The number of aliphatic hydroxyl groups is 1. The normalized spacial score (nSPS) is 24.1. The summed E-state index contributed by atoms with van der Waals surface area (Å²) in [5.41, 5.74) is -2.56. The topological polar surface area (TPSA) is 56.0 Å². The standard InChI is InChI=1S/C10H7F3N2OS/c11-10(12,13)9(16)3-6(5-15-9)8-2-1-7(4-14)17-8/h1-2,5,15-16H,3H2. The Hall–Kier alpha value is -1.52. The zero-order valence-electron chi connectivity index (χ0n) is 8.38. The van der Waals surface area contributed by atoms with Gasteiger partial charge in [-0.15, -0.1) is 11.3 Å². The molecule has 1 aliphatic heterocycles. The molecule has 1 aromatic rings. The minimum Gasteiger partial charge on any atom is -0.363 e. The Morgan fingerprint density at radius 3 is 2.65 bits per heavy atom. The molecule has 2 N–H and O–H groups in total. The molecule has 3 nitrogen and oxygen atoms in total. The van der Waals surface area contributed by atoms with Crippen LogP contribution in [0.3, 0.4) is 0 Å². The molecule has 1 aliphatic rings. The monoisotopic (exact) mass is 260 g/mol. The lowest BCUT2D eigenvalue weighted by molar-refractivity contribution is -0.263. The van der Waals surface area contributed by atoms with Gasteiger partial charge in [0.1, 0.15) is 10.9 Å². The Labute approximate surface area is 98.8 Å². The Balaban J connectivity index is 2.21.